The summed E-state index contributed by atoms with van der Waals surface area (Å²) in [5.41, 5.74) is 1.43. The van der Waals surface area contributed by atoms with Crippen LogP contribution in [-0.4, -0.2) is 31.2 Å². The highest BCUT2D eigenvalue weighted by Gasteiger charge is 2.22. The lowest BCUT2D eigenvalue weighted by Crippen LogP contribution is -2.21. The van der Waals surface area contributed by atoms with Gasteiger partial charge in [0, 0.05) is 17.2 Å². The fourth-order valence-electron chi connectivity index (χ4n) is 6.15. The Morgan fingerprint density at radius 1 is 0.692 bits per heavy atom. The number of carbonyl (C=O) groups is 1. The zero-order valence-corrected chi connectivity index (χ0v) is 23.5. The average Bonchev–Trinajstić information content (AvgIpc) is 2.98. The van der Waals surface area contributed by atoms with Gasteiger partial charge in [-0.05, 0) is 107 Å². The molecule has 2 aromatic carbocycles. The molecule has 0 spiro atoms. The molecule has 0 heterocycles. The Morgan fingerprint density at radius 3 is 1.85 bits per heavy atom. The number of allylic oxidation sites excluding steroid dienone is 1. The van der Waals surface area contributed by atoms with Crippen molar-refractivity contribution in [1.82, 2.24) is 0 Å². The van der Waals surface area contributed by atoms with Crippen LogP contribution in [0.3, 0.4) is 0 Å². The van der Waals surface area contributed by atoms with E-state index in [1.807, 2.05) is 42.5 Å². The van der Waals surface area contributed by atoms with E-state index in [0.29, 0.717) is 17.1 Å². The van der Waals surface area contributed by atoms with Crippen molar-refractivity contribution >= 4 is 11.9 Å². The van der Waals surface area contributed by atoms with Crippen molar-refractivity contribution in [2.24, 2.45) is 0 Å². The van der Waals surface area contributed by atoms with Gasteiger partial charge < -0.3 is 18.9 Å². The molecule has 0 amide bonds. The number of benzene rings is 2. The Bertz CT molecular complexity index is 1100. The molecule has 0 atom stereocenters. The van der Waals surface area contributed by atoms with Crippen LogP contribution in [0, 0.1) is 0 Å². The summed E-state index contributed by atoms with van der Waals surface area (Å²) in [6.07, 6.45) is 21.5. The van der Waals surface area contributed by atoms with Gasteiger partial charge in [-0.2, -0.15) is 0 Å². The van der Waals surface area contributed by atoms with Crippen LogP contribution in [0.15, 0.2) is 42.5 Å². The Balaban J connectivity index is 1.37. The van der Waals surface area contributed by atoms with Gasteiger partial charge in [-0.15, -0.1) is 0 Å². The van der Waals surface area contributed by atoms with E-state index in [2.05, 4.69) is 0 Å². The summed E-state index contributed by atoms with van der Waals surface area (Å²) in [5, 5.41) is 0. The second kappa shape index (κ2) is 13.9. The Hall–Kier alpha value is -2.95. The Labute approximate surface area is 233 Å². The number of hydrogen-bond donors (Lipinski definition) is 0. The first kappa shape index (κ1) is 27.6. The van der Waals surface area contributed by atoms with Gasteiger partial charge in [0.15, 0.2) is 17.3 Å². The monoisotopic (exact) mass is 532 g/mol. The second-order valence-electron chi connectivity index (χ2n) is 11.4. The summed E-state index contributed by atoms with van der Waals surface area (Å²) in [6.45, 7) is 0. The number of carbonyl (C=O) groups excluding carboxylic acids is 1. The highest BCUT2D eigenvalue weighted by atomic mass is 16.5. The van der Waals surface area contributed by atoms with Crippen LogP contribution in [0.4, 0.5) is 0 Å². The molecule has 3 aliphatic carbocycles. The van der Waals surface area contributed by atoms with Gasteiger partial charge >= 0.3 is 0 Å². The fraction of sp³-hybridized carbons (Fsp3) is 0.559. The van der Waals surface area contributed by atoms with E-state index in [4.69, 9.17) is 18.9 Å². The van der Waals surface area contributed by atoms with Gasteiger partial charge in [0.25, 0.3) is 0 Å². The van der Waals surface area contributed by atoms with E-state index >= 15 is 0 Å². The van der Waals surface area contributed by atoms with E-state index in [1.165, 1.54) is 57.8 Å². The summed E-state index contributed by atoms with van der Waals surface area (Å²) in [4.78, 5) is 13.3. The molecule has 39 heavy (non-hydrogen) atoms. The van der Waals surface area contributed by atoms with Gasteiger partial charge in [0.1, 0.15) is 11.5 Å². The number of hydrogen-bond acceptors (Lipinski definition) is 5. The smallest absolute Gasteiger partial charge is 0.185 e. The highest BCUT2D eigenvalue weighted by molar-refractivity contribution is 6.07. The third kappa shape index (κ3) is 7.80. The van der Waals surface area contributed by atoms with Crippen molar-refractivity contribution in [2.75, 3.05) is 7.11 Å². The van der Waals surface area contributed by atoms with Crippen LogP contribution in [-0.2, 0) is 0 Å². The highest BCUT2D eigenvalue weighted by Crippen LogP contribution is 2.40. The molecule has 0 saturated heterocycles. The first-order valence-electron chi connectivity index (χ1n) is 15.2. The second-order valence-corrected chi connectivity index (χ2v) is 11.4. The maximum atomic E-state index is 13.3. The fourth-order valence-corrected chi connectivity index (χ4v) is 6.15. The topological polar surface area (TPSA) is 54.0 Å². The lowest BCUT2D eigenvalue weighted by Gasteiger charge is -2.27. The molecule has 5 heteroatoms. The Kier molecular flexibility index (Phi) is 9.85. The molecule has 3 fully saturated rings. The van der Waals surface area contributed by atoms with E-state index in [9.17, 15) is 4.79 Å². The molecule has 210 valence electrons. The van der Waals surface area contributed by atoms with Crippen molar-refractivity contribution < 1.29 is 23.7 Å². The quantitative estimate of drug-likeness (QED) is 0.226. The number of rotatable bonds is 10. The normalized spacial score (nSPS) is 19.6. The molecule has 0 unspecified atom stereocenters. The van der Waals surface area contributed by atoms with E-state index in [-0.39, 0.29) is 24.1 Å². The molecule has 2 aromatic rings. The molecular weight excluding hydrogens is 488 g/mol. The number of ketones is 1. The maximum absolute atomic E-state index is 13.3. The van der Waals surface area contributed by atoms with Crippen molar-refractivity contribution in [1.29, 1.82) is 0 Å². The SMILES string of the molecule is COc1cc(OC2CCCCC2)cc(/C=C/C(=O)c2cccc(OC3CCCCC3)c2)c1OC1CCCCC1. The standard InChI is InChI=1S/C34H44O5/c1-36-33-24-31(38-28-15-7-3-8-16-28)23-26(34(33)39-29-17-9-4-10-18-29)20-21-32(35)25-12-11-19-30(22-25)37-27-13-5-2-6-14-27/h11-12,19-24,27-29H,2-10,13-18H2,1H3/b21-20+. The molecular formula is C34H44O5. The van der Waals surface area contributed by atoms with E-state index < -0.39 is 0 Å². The van der Waals surface area contributed by atoms with Gasteiger partial charge in [-0.1, -0.05) is 31.4 Å². The van der Waals surface area contributed by atoms with Crippen LogP contribution in [0.1, 0.15) is 112 Å². The summed E-state index contributed by atoms with van der Waals surface area (Å²) in [5.74, 6) is 2.82. The zero-order chi connectivity index (χ0) is 26.9. The average molecular weight is 533 g/mol. The maximum Gasteiger partial charge on any atom is 0.185 e. The van der Waals surface area contributed by atoms with Crippen LogP contribution < -0.4 is 18.9 Å². The molecule has 5 rings (SSSR count). The van der Waals surface area contributed by atoms with Gasteiger partial charge in [0.05, 0.1) is 25.4 Å². The zero-order valence-electron chi connectivity index (χ0n) is 23.5. The van der Waals surface area contributed by atoms with E-state index in [0.717, 1.165) is 55.6 Å². The van der Waals surface area contributed by atoms with Crippen LogP contribution in [0.25, 0.3) is 6.08 Å². The predicted octanol–water partition coefficient (Wildman–Crippen LogP) is 8.73. The molecule has 0 radical (unpaired) electrons. The third-order valence-electron chi connectivity index (χ3n) is 8.36. The van der Waals surface area contributed by atoms with Crippen LogP contribution in [0.5, 0.6) is 23.0 Å². The molecule has 0 aliphatic heterocycles. The molecule has 5 nitrogen and oxygen atoms in total. The number of ether oxygens (including phenoxy) is 4. The van der Waals surface area contributed by atoms with Crippen molar-refractivity contribution in [2.45, 2.75) is 115 Å². The van der Waals surface area contributed by atoms with Crippen LogP contribution >= 0.6 is 0 Å². The molecule has 0 aromatic heterocycles. The third-order valence-corrected chi connectivity index (χ3v) is 8.36. The minimum atomic E-state index is -0.0646. The molecule has 0 bridgehead atoms. The minimum absolute atomic E-state index is 0.0646. The van der Waals surface area contributed by atoms with Gasteiger partial charge in [0.2, 0.25) is 0 Å². The minimum Gasteiger partial charge on any atom is -0.493 e. The van der Waals surface area contributed by atoms with Gasteiger partial charge in [-0.3, -0.25) is 4.79 Å². The predicted molar refractivity (Wildman–Crippen MR) is 155 cm³/mol. The van der Waals surface area contributed by atoms with E-state index in [1.54, 1.807) is 13.2 Å². The lowest BCUT2D eigenvalue weighted by molar-refractivity contribution is 0.104. The largest absolute Gasteiger partial charge is 0.493 e. The number of methoxy groups -OCH3 is 1. The van der Waals surface area contributed by atoms with Crippen LogP contribution in [0.2, 0.25) is 0 Å². The molecule has 0 N–H and O–H groups in total. The van der Waals surface area contributed by atoms with Crippen molar-refractivity contribution in [3.05, 3.63) is 53.6 Å². The van der Waals surface area contributed by atoms with Gasteiger partial charge in [-0.25, -0.2) is 0 Å². The summed E-state index contributed by atoms with van der Waals surface area (Å²) in [7, 11) is 1.67. The summed E-state index contributed by atoms with van der Waals surface area (Å²) < 4.78 is 24.9. The molecule has 3 saturated carbocycles. The molecule has 3 aliphatic rings. The summed E-state index contributed by atoms with van der Waals surface area (Å²) in [6, 6.07) is 11.5. The first-order chi connectivity index (χ1) is 19.2. The first-order valence-corrected chi connectivity index (χ1v) is 15.2. The lowest BCUT2D eigenvalue weighted by atomic mass is 9.97. The van der Waals surface area contributed by atoms with Crippen molar-refractivity contribution in [3.63, 3.8) is 0 Å². The van der Waals surface area contributed by atoms with Crippen molar-refractivity contribution in [3.8, 4) is 23.0 Å². The Morgan fingerprint density at radius 2 is 1.26 bits per heavy atom. The summed E-state index contributed by atoms with van der Waals surface area (Å²) >= 11 is 0.